The van der Waals surface area contributed by atoms with E-state index in [2.05, 4.69) is 25.3 Å². The minimum atomic E-state index is -0.811. The Morgan fingerprint density at radius 3 is 2.43 bits per heavy atom. The summed E-state index contributed by atoms with van der Waals surface area (Å²) < 4.78 is 14.8. The fourth-order valence-electron chi connectivity index (χ4n) is 3.33. The first-order valence-corrected chi connectivity index (χ1v) is 10.4. The molecular formula is C24H20FN7O3. The molecule has 0 spiro atoms. The monoisotopic (exact) mass is 473 g/mol. The van der Waals surface area contributed by atoms with Crippen LogP contribution in [0.3, 0.4) is 0 Å². The summed E-state index contributed by atoms with van der Waals surface area (Å²) in [7, 11) is 0. The average Bonchev–Trinajstić information content (AvgIpc) is 2.88. The van der Waals surface area contributed by atoms with E-state index in [1.165, 1.54) is 43.1 Å². The minimum absolute atomic E-state index is 0.0184. The van der Waals surface area contributed by atoms with E-state index in [0.29, 0.717) is 17.5 Å². The third-order valence-corrected chi connectivity index (χ3v) is 4.99. The van der Waals surface area contributed by atoms with E-state index in [1.807, 2.05) is 6.07 Å². The number of hydrogen-bond acceptors (Lipinski definition) is 8. The Morgan fingerprint density at radius 1 is 0.943 bits per heavy atom. The van der Waals surface area contributed by atoms with E-state index in [1.54, 1.807) is 35.5 Å². The number of anilines is 3. The molecule has 4 rings (SSSR count). The number of nitrogens with one attached hydrogen (secondary N) is 2. The van der Waals surface area contributed by atoms with Gasteiger partial charge in [0.1, 0.15) is 17.5 Å². The molecule has 0 bridgehead atoms. The van der Waals surface area contributed by atoms with Crippen molar-refractivity contribution in [2.24, 2.45) is 0 Å². The third kappa shape index (κ3) is 5.60. The van der Waals surface area contributed by atoms with Crippen molar-refractivity contribution in [1.82, 2.24) is 25.4 Å². The number of nitrogens with zero attached hydrogens (tertiary/aromatic N) is 5. The van der Waals surface area contributed by atoms with Crippen molar-refractivity contribution in [3.8, 4) is 11.1 Å². The highest BCUT2D eigenvalue weighted by Gasteiger charge is 2.17. The molecule has 3 N–H and O–H groups in total. The van der Waals surface area contributed by atoms with Crippen molar-refractivity contribution in [2.45, 2.75) is 13.5 Å². The molecule has 0 radical (unpaired) electrons. The number of benzene rings is 1. The predicted molar refractivity (Wildman–Crippen MR) is 125 cm³/mol. The number of hydrogen-bond donors (Lipinski definition) is 3. The fourth-order valence-corrected chi connectivity index (χ4v) is 3.33. The molecule has 3 heterocycles. The van der Waals surface area contributed by atoms with Crippen LogP contribution in [-0.2, 0) is 11.3 Å². The number of aromatic nitrogens is 4. The lowest BCUT2D eigenvalue weighted by Gasteiger charge is -2.23. The zero-order valence-corrected chi connectivity index (χ0v) is 18.5. The smallest absolute Gasteiger partial charge is 0.274 e. The lowest BCUT2D eigenvalue weighted by atomic mass is 10.1. The van der Waals surface area contributed by atoms with Crippen LogP contribution in [-0.4, -0.2) is 37.0 Å². The highest BCUT2D eigenvalue weighted by Crippen LogP contribution is 2.29. The van der Waals surface area contributed by atoms with Crippen LogP contribution in [0.15, 0.2) is 73.4 Å². The topological polar surface area (TPSA) is 133 Å². The molecule has 0 aliphatic rings. The van der Waals surface area contributed by atoms with Crippen LogP contribution >= 0.6 is 0 Å². The van der Waals surface area contributed by atoms with Crippen molar-refractivity contribution in [2.75, 3.05) is 10.2 Å². The van der Waals surface area contributed by atoms with Gasteiger partial charge in [0.2, 0.25) is 5.91 Å². The van der Waals surface area contributed by atoms with Crippen molar-refractivity contribution in [1.29, 1.82) is 0 Å². The van der Waals surface area contributed by atoms with Crippen LogP contribution < -0.4 is 15.7 Å². The molecule has 0 fully saturated rings. The molecule has 0 aliphatic heterocycles. The zero-order chi connectivity index (χ0) is 24.8. The number of hydroxylamine groups is 1. The Kier molecular flexibility index (Phi) is 6.98. The van der Waals surface area contributed by atoms with Gasteiger partial charge in [-0.1, -0.05) is 6.07 Å². The van der Waals surface area contributed by atoms with Gasteiger partial charge in [0.05, 0.1) is 12.7 Å². The van der Waals surface area contributed by atoms with Gasteiger partial charge in [-0.15, -0.1) is 0 Å². The lowest BCUT2D eigenvalue weighted by Crippen LogP contribution is -2.21. The van der Waals surface area contributed by atoms with Crippen LogP contribution in [0.4, 0.5) is 21.8 Å². The molecule has 11 heteroatoms. The maximum atomic E-state index is 14.8. The van der Waals surface area contributed by atoms with E-state index in [4.69, 9.17) is 5.21 Å². The van der Waals surface area contributed by atoms with E-state index in [9.17, 15) is 14.0 Å². The Balaban J connectivity index is 1.68. The molecule has 0 aliphatic carbocycles. The highest BCUT2D eigenvalue weighted by atomic mass is 19.1. The molecule has 35 heavy (non-hydrogen) atoms. The molecule has 10 nitrogen and oxygen atoms in total. The van der Waals surface area contributed by atoms with Crippen molar-refractivity contribution in [3.63, 3.8) is 0 Å². The minimum Gasteiger partial charge on any atom is -0.311 e. The summed E-state index contributed by atoms with van der Waals surface area (Å²) in [5, 5.41) is 11.4. The number of carbonyl (C=O) groups excluding carboxylic acids is 2. The summed E-state index contributed by atoms with van der Waals surface area (Å²) in [6, 6.07) is 11.0. The van der Waals surface area contributed by atoms with Crippen molar-refractivity contribution in [3.05, 3.63) is 90.4 Å². The van der Waals surface area contributed by atoms with E-state index in [-0.39, 0.29) is 23.6 Å². The van der Waals surface area contributed by atoms with Gasteiger partial charge in [0.25, 0.3) is 5.91 Å². The second-order valence-electron chi connectivity index (χ2n) is 7.41. The Bertz CT molecular complexity index is 1350. The van der Waals surface area contributed by atoms with Gasteiger partial charge >= 0.3 is 0 Å². The number of rotatable bonds is 7. The van der Waals surface area contributed by atoms with Gasteiger partial charge in [-0.25, -0.2) is 24.8 Å². The van der Waals surface area contributed by atoms with E-state index < -0.39 is 11.7 Å². The summed E-state index contributed by atoms with van der Waals surface area (Å²) in [6.45, 7) is 1.45. The van der Waals surface area contributed by atoms with Crippen LogP contribution in [0.25, 0.3) is 11.1 Å². The molecule has 176 valence electrons. The Morgan fingerprint density at radius 2 is 1.77 bits per heavy atom. The largest absolute Gasteiger partial charge is 0.311 e. The number of carbonyl (C=O) groups is 2. The first kappa shape index (κ1) is 23.4. The molecule has 0 saturated carbocycles. The molecule has 3 aromatic heterocycles. The first-order valence-electron chi connectivity index (χ1n) is 10.4. The Labute approximate surface area is 199 Å². The normalized spacial score (nSPS) is 10.5. The Hall–Kier alpha value is -4.77. The van der Waals surface area contributed by atoms with Crippen LogP contribution in [0.2, 0.25) is 0 Å². The number of halogens is 1. The molecule has 0 saturated heterocycles. The van der Waals surface area contributed by atoms with E-state index >= 15 is 0 Å². The molecule has 2 amide bonds. The summed E-state index contributed by atoms with van der Waals surface area (Å²) >= 11 is 0. The molecule has 0 atom stereocenters. The summed E-state index contributed by atoms with van der Waals surface area (Å²) in [6.07, 6.45) is 7.81. The van der Waals surface area contributed by atoms with Gasteiger partial charge < -0.3 is 10.2 Å². The van der Waals surface area contributed by atoms with Gasteiger partial charge in [0, 0.05) is 48.4 Å². The highest BCUT2D eigenvalue weighted by molar-refractivity contribution is 5.93. The third-order valence-electron chi connectivity index (χ3n) is 4.99. The SMILES string of the molecule is CC(=O)Nc1ccc(-c2ccnc(N(Cc3ccc(C(=O)NO)cc3F)c3cnccn3)c2)cn1. The lowest BCUT2D eigenvalue weighted by molar-refractivity contribution is -0.114. The predicted octanol–water partition coefficient (Wildman–Crippen LogP) is 3.49. The summed E-state index contributed by atoms with van der Waals surface area (Å²) in [5.41, 5.74) is 3.32. The number of amides is 2. The van der Waals surface area contributed by atoms with Crippen molar-refractivity contribution < 1.29 is 19.2 Å². The molecule has 4 aromatic rings. The molecule has 1 aromatic carbocycles. The zero-order valence-electron chi connectivity index (χ0n) is 18.5. The van der Waals surface area contributed by atoms with Crippen molar-refractivity contribution >= 4 is 29.3 Å². The van der Waals surface area contributed by atoms with Gasteiger partial charge in [-0.05, 0) is 42.0 Å². The molecule has 0 unspecified atom stereocenters. The van der Waals surface area contributed by atoms with Gasteiger partial charge in [-0.3, -0.25) is 19.8 Å². The number of pyridine rings is 2. The maximum Gasteiger partial charge on any atom is 0.274 e. The molecular weight excluding hydrogens is 453 g/mol. The van der Waals surface area contributed by atoms with Crippen LogP contribution in [0.5, 0.6) is 0 Å². The van der Waals surface area contributed by atoms with E-state index in [0.717, 1.165) is 17.2 Å². The van der Waals surface area contributed by atoms with Gasteiger partial charge in [0.15, 0.2) is 5.82 Å². The van der Waals surface area contributed by atoms with Gasteiger partial charge in [-0.2, -0.15) is 0 Å². The quantitative estimate of drug-likeness (QED) is 0.274. The second kappa shape index (κ2) is 10.4. The maximum absolute atomic E-state index is 14.8. The first-order chi connectivity index (χ1) is 16.9. The summed E-state index contributed by atoms with van der Waals surface area (Å²) in [5.74, 6) is -0.306. The average molecular weight is 473 g/mol. The van der Waals surface area contributed by atoms with Crippen LogP contribution in [0.1, 0.15) is 22.8 Å². The fraction of sp³-hybridized carbons (Fsp3) is 0.0833. The summed E-state index contributed by atoms with van der Waals surface area (Å²) in [4.78, 5) is 41.6. The van der Waals surface area contributed by atoms with Crippen LogP contribution in [0, 0.1) is 5.82 Å². The second-order valence-corrected chi connectivity index (χ2v) is 7.41. The standard InChI is InChI=1S/C24H20FN7O3/c1-15(33)30-21-5-4-18(12-29-21)16-6-7-27-22(11-16)32(23-13-26-8-9-28-23)14-19-3-2-17(10-20(19)25)24(34)31-35/h2-13,35H,14H2,1H3,(H,31,34)(H,29,30,33).